The van der Waals surface area contributed by atoms with Crippen LogP contribution in [0.1, 0.15) is 91.9 Å². The maximum atomic E-state index is 14.7. The number of ketones is 1. The molecule has 0 amide bonds. The van der Waals surface area contributed by atoms with E-state index in [4.69, 9.17) is 23.7 Å². The first-order chi connectivity index (χ1) is 23.2. The Morgan fingerprint density at radius 2 is 1.64 bits per heavy atom. The van der Waals surface area contributed by atoms with E-state index in [-0.39, 0.29) is 17.6 Å². The van der Waals surface area contributed by atoms with Crippen molar-refractivity contribution >= 4 is 35.6 Å². The number of ether oxygens (including phenoxy) is 5. The van der Waals surface area contributed by atoms with Gasteiger partial charge in [-0.2, -0.15) is 0 Å². The summed E-state index contributed by atoms with van der Waals surface area (Å²) in [6.45, 7) is 17.3. The highest BCUT2D eigenvalue weighted by atomic mass is 16.6. The van der Waals surface area contributed by atoms with E-state index < -0.39 is 101 Å². The Hall–Kier alpha value is -4.39. The fourth-order valence-corrected chi connectivity index (χ4v) is 6.78. The minimum Gasteiger partial charge on any atom is -0.458 e. The van der Waals surface area contributed by atoms with Crippen LogP contribution < -0.4 is 0 Å². The van der Waals surface area contributed by atoms with Crippen molar-refractivity contribution in [3.05, 3.63) is 54.4 Å². The zero-order valence-electron chi connectivity index (χ0n) is 30.2. The number of esters is 5. The number of Topliss-reactive ketones (excluding diaryl/α,β-unsaturated/α-hetero) is 1. The number of pyridine rings is 1. The zero-order chi connectivity index (χ0) is 37.8. The Labute approximate surface area is 292 Å². The van der Waals surface area contributed by atoms with Crippen LogP contribution in [-0.4, -0.2) is 81.3 Å². The van der Waals surface area contributed by atoms with Crippen molar-refractivity contribution in [3.8, 4) is 0 Å². The lowest BCUT2D eigenvalue weighted by molar-refractivity contribution is -0.188. The third-order valence-corrected chi connectivity index (χ3v) is 9.33. The topological polar surface area (TPSA) is 182 Å². The first kappa shape index (κ1) is 40.0. The van der Waals surface area contributed by atoms with E-state index in [1.165, 1.54) is 38.4 Å². The molecule has 13 heteroatoms. The van der Waals surface area contributed by atoms with Crippen LogP contribution in [0, 0.1) is 23.2 Å². The van der Waals surface area contributed by atoms with Crippen LogP contribution in [0.25, 0.3) is 0 Å². The van der Waals surface area contributed by atoms with Gasteiger partial charge in [0.1, 0.15) is 30.0 Å². The molecule has 9 atom stereocenters. The number of fused-ring (bicyclic) bond motifs is 1. The maximum Gasteiger partial charge on any atom is 0.340 e. The molecule has 0 aromatic carbocycles. The van der Waals surface area contributed by atoms with Crippen molar-refractivity contribution in [2.45, 2.75) is 117 Å². The van der Waals surface area contributed by atoms with Gasteiger partial charge in [-0.05, 0) is 31.1 Å². The van der Waals surface area contributed by atoms with Gasteiger partial charge in [-0.3, -0.25) is 29.0 Å². The number of carbonyl (C=O) groups excluding carboxylic acids is 6. The first-order valence-electron chi connectivity index (χ1n) is 16.7. The minimum absolute atomic E-state index is 0.0403. The van der Waals surface area contributed by atoms with Gasteiger partial charge in [0.2, 0.25) is 0 Å². The molecule has 1 N–H and O–H groups in total. The molecule has 0 aliphatic heterocycles. The highest BCUT2D eigenvalue weighted by Gasteiger charge is 2.70. The van der Waals surface area contributed by atoms with E-state index >= 15 is 0 Å². The summed E-state index contributed by atoms with van der Waals surface area (Å²) in [4.78, 5) is 83.5. The molecule has 2 aliphatic rings. The molecule has 3 rings (SSSR count). The summed E-state index contributed by atoms with van der Waals surface area (Å²) >= 11 is 0. The molecule has 1 aromatic rings. The number of rotatable bonds is 8. The van der Waals surface area contributed by atoms with Gasteiger partial charge in [0.15, 0.2) is 11.4 Å². The molecule has 1 heterocycles. The average molecular weight is 700 g/mol. The predicted molar refractivity (Wildman–Crippen MR) is 178 cm³/mol. The van der Waals surface area contributed by atoms with Crippen molar-refractivity contribution in [1.82, 2.24) is 4.98 Å². The number of hydrogen-bond donors (Lipinski definition) is 1. The molecule has 0 saturated heterocycles. The van der Waals surface area contributed by atoms with Gasteiger partial charge in [0.25, 0.3) is 0 Å². The molecule has 0 spiro atoms. The summed E-state index contributed by atoms with van der Waals surface area (Å²) in [5, 5.41) is 11.9. The Morgan fingerprint density at radius 1 is 1.00 bits per heavy atom. The van der Waals surface area contributed by atoms with E-state index in [1.54, 1.807) is 46.8 Å². The second-order valence-electron chi connectivity index (χ2n) is 14.2. The maximum absolute atomic E-state index is 14.7. The SMILES string of the molecule is C=C1C[C@@H](OC(C)=O)[C@@H](OC(=O)c2cccnc2)C(C)(C)/C=C/[C@H](C)C(=O)[C@@]2(OC(C)=O)C[C@](C)(O)[C@H](OC(=O)[C@H](C)CC)[C@@H]2[C@H]1OC(C)=O. The number of allylic oxidation sites excluding steroid dienone is 1. The van der Waals surface area contributed by atoms with E-state index in [9.17, 15) is 33.9 Å². The van der Waals surface area contributed by atoms with Crippen LogP contribution in [0.4, 0.5) is 0 Å². The third-order valence-electron chi connectivity index (χ3n) is 9.33. The Balaban J connectivity index is 2.35. The monoisotopic (exact) mass is 699 g/mol. The van der Waals surface area contributed by atoms with Gasteiger partial charge >= 0.3 is 29.8 Å². The van der Waals surface area contributed by atoms with Gasteiger partial charge in [-0.25, -0.2) is 4.79 Å². The molecule has 13 nitrogen and oxygen atoms in total. The molecular weight excluding hydrogens is 650 g/mol. The van der Waals surface area contributed by atoms with Crippen molar-refractivity contribution in [2.75, 3.05) is 0 Å². The average Bonchev–Trinajstić information content (AvgIpc) is 3.24. The summed E-state index contributed by atoms with van der Waals surface area (Å²) in [7, 11) is 0. The lowest BCUT2D eigenvalue weighted by atomic mass is 9.72. The Morgan fingerprint density at radius 3 is 2.18 bits per heavy atom. The van der Waals surface area contributed by atoms with E-state index in [0.717, 1.165) is 13.8 Å². The van der Waals surface area contributed by atoms with Gasteiger partial charge < -0.3 is 28.8 Å². The van der Waals surface area contributed by atoms with Crippen molar-refractivity contribution in [2.24, 2.45) is 23.2 Å². The molecule has 1 aromatic heterocycles. The number of carbonyl (C=O) groups is 6. The smallest absolute Gasteiger partial charge is 0.340 e. The molecule has 0 bridgehead atoms. The molecule has 274 valence electrons. The van der Waals surface area contributed by atoms with Gasteiger partial charge in [0, 0.05) is 57.3 Å². The molecule has 0 radical (unpaired) electrons. The standard InChI is InChI=1S/C37H49NO12/c1-11-20(2)33(43)49-32-28-29(47-24(6)40)22(4)17-27(46-23(5)39)31(48-34(44)26-13-12-16-38-18-26)35(8,9)15-14-21(3)30(42)37(28,50-25(7)41)19-36(32,10)45/h12-16,18,20-21,27-29,31-32,45H,4,11,17,19H2,1-3,5-10H3/b15-14+/t20-,21+,27-,28+,29+,31-,32-,36+,37-/m1/s1. The summed E-state index contributed by atoms with van der Waals surface area (Å²) in [5.74, 6) is -7.69. The molecule has 1 saturated carbocycles. The second kappa shape index (κ2) is 15.7. The number of hydrogen-bond acceptors (Lipinski definition) is 13. The van der Waals surface area contributed by atoms with Crippen molar-refractivity contribution < 1.29 is 57.6 Å². The molecular formula is C37H49NO12. The summed E-state index contributed by atoms with van der Waals surface area (Å²) in [5.41, 5.74) is -5.11. The number of aliphatic hydroxyl groups is 1. The lowest BCUT2D eigenvalue weighted by Crippen LogP contribution is -2.57. The van der Waals surface area contributed by atoms with E-state index in [2.05, 4.69) is 11.6 Å². The third kappa shape index (κ3) is 8.85. The molecule has 2 aliphatic carbocycles. The first-order valence-corrected chi connectivity index (χ1v) is 16.7. The largest absolute Gasteiger partial charge is 0.458 e. The van der Waals surface area contributed by atoms with Gasteiger partial charge in [0.05, 0.1) is 17.4 Å². The fraction of sp³-hybridized carbons (Fsp3) is 0.595. The van der Waals surface area contributed by atoms with Crippen LogP contribution >= 0.6 is 0 Å². The highest BCUT2D eigenvalue weighted by molar-refractivity contribution is 5.94. The van der Waals surface area contributed by atoms with Crippen LogP contribution in [0.2, 0.25) is 0 Å². The van der Waals surface area contributed by atoms with E-state index in [0.29, 0.717) is 6.42 Å². The summed E-state index contributed by atoms with van der Waals surface area (Å²) < 4.78 is 29.4. The van der Waals surface area contributed by atoms with Crippen LogP contribution in [0.3, 0.4) is 0 Å². The van der Waals surface area contributed by atoms with Crippen molar-refractivity contribution in [3.63, 3.8) is 0 Å². The van der Waals surface area contributed by atoms with E-state index in [1.807, 2.05) is 0 Å². The van der Waals surface area contributed by atoms with Crippen LogP contribution in [0.15, 0.2) is 48.8 Å². The zero-order valence-corrected chi connectivity index (χ0v) is 30.2. The van der Waals surface area contributed by atoms with Crippen LogP contribution in [-0.2, 0) is 47.7 Å². The number of aromatic nitrogens is 1. The fourth-order valence-electron chi connectivity index (χ4n) is 6.78. The molecule has 1 fully saturated rings. The lowest BCUT2D eigenvalue weighted by Gasteiger charge is -2.42. The normalized spacial score (nSPS) is 32.2. The number of nitrogens with zero attached hydrogens (tertiary/aromatic N) is 1. The van der Waals surface area contributed by atoms with Crippen molar-refractivity contribution in [1.29, 1.82) is 0 Å². The Kier molecular flexibility index (Phi) is 12.5. The molecule has 0 unspecified atom stereocenters. The quantitative estimate of drug-likeness (QED) is 0.231. The summed E-state index contributed by atoms with van der Waals surface area (Å²) in [6, 6.07) is 3.06. The second-order valence-corrected chi connectivity index (χ2v) is 14.2. The van der Waals surface area contributed by atoms with Gasteiger partial charge in [-0.1, -0.05) is 53.3 Å². The van der Waals surface area contributed by atoms with Crippen LogP contribution in [0.5, 0.6) is 0 Å². The predicted octanol–water partition coefficient (Wildman–Crippen LogP) is 4.25. The summed E-state index contributed by atoms with van der Waals surface area (Å²) in [6.07, 6.45) is 0.0224. The minimum atomic E-state index is -2.19. The Bertz CT molecular complexity index is 1520. The highest BCUT2D eigenvalue weighted by Crippen LogP contribution is 2.52. The molecule has 50 heavy (non-hydrogen) atoms. The van der Waals surface area contributed by atoms with Gasteiger partial charge in [-0.15, -0.1) is 0 Å².